The van der Waals surface area contributed by atoms with Crippen LogP contribution in [0.5, 0.6) is 5.75 Å². The second-order valence-electron chi connectivity index (χ2n) is 13.3. The van der Waals surface area contributed by atoms with Gasteiger partial charge in [0.15, 0.2) is 0 Å². The van der Waals surface area contributed by atoms with Crippen molar-refractivity contribution < 1.29 is 33.4 Å². The number of nitrogens with one attached hydrogen (secondary N) is 1. The largest absolute Gasteiger partial charge is 0.488 e. The molecule has 12 nitrogen and oxygen atoms in total. The minimum absolute atomic E-state index is 0.0520. The number of thiazole rings is 1. The van der Waals surface area contributed by atoms with Gasteiger partial charge in [0.05, 0.1) is 48.6 Å². The number of hydrogen-bond acceptors (Lipinski definition) is 9. The summed E-state index contributed by atoms with van der Waals surface area (Å²) in [7, 11) is 1.57. The average Bonchev–Trinajstić information content (AvgIpc) is 3.90. The van der Waals surface area contributed by atoms with Crippen LogP contribution in [0.25, 0.3) is 0 Å². The maximum absolute atomic E-state index is 14.7. The van der Waals surface area contributed by atoms with Gasteiger partial charge >= 0.3 is 0 Å². The lowest BCUT2D eigenvalue weighted by Crippen LogP contribution is -2.51. The van der Waals surface area contributed by atoms with Gasteiger partial charge in [-0.3, -0.25) is 33.9 Å². The molecule has 3 aliphatic heterocycles. The maximum Gasteiger partial charge on any atom is 0.265 e. The number of likely N-dealkylation sites (tertiary alicyclic amines) is 1. The molecule has 4 heterocycles. The number of benzene rings is 2. The van der Waals surface area contributed by atoms with Crippen LogP contribution in [-0.4, -0.2) is 102 Å². The highest BCUT2D eigenvalue weighted by molar-refractivity contribution is 7.11. The van der Waals surface area contributed by atoms with Crippen molar-refractivity contribution in [3.8, 4) is 5.75 Å². The van der Waals surface area contributed by atoms with Gasteiger partial charge in [0, 0.05) is 50.6 Å². The Balaban J connectivity index is 1.19. The molecule has 1 saturated carbocycles. The molecule has 13 heteroatoms. The number of methoxy groups -OCH3 is 1. The molecule has 1 N–H and O–H groups in total. The average molecular weight is 700 g/mol. The second-order valence-corrected chi connectivity index (χ2v) is 14.2. The molecule has 1 aromatic heterocycles. The molecular weight excluding hydrogens is 659 g/mol. The van der Waals surface area contributed by atoms with Crippen molar-refractivity contribution in [3.05, 3.63) is 81.3 Å². The number of carbonyl (C=O) groups is 5. The molecular formula is C37H41N5O7S. The SMILES string of the molecule is COCCNC(=O)[C@H]1CCCC[C@H]1C(=O)N1CCc2cccc(O[C@H]3CCN(C(=O)c4cncs4)C3)c2[C@H]1CN1C(=O)c2ccccc2C1=O. The van der Waals surface area contributed by atoms with Crippen LogP contribution in [0.4, 0.5) is 0 Å². The quantitative estimate of drug-likeness (QED) is 0.250. The lowest BCUT2D eigenvalue weighted by Gasteiger charge is -2.43. The number of hydrogen-bond donors (Lipinski definition) is 1. The van der Waals surface area contributed by atoms with E-state index in [1.807, 2.05) is 18.2 Å². The zero-order valence-electron chi connectivity index (χ0n) is 28.0. The van der Waals surface area contributed by atoms with E-state index in [0.717, 1.165) is 24.0 Å². The van der Waals surface area contributed by atoms with Gasteiger partial charge in [-0.25, -0.2) is 0 Å². The number of aromatic nitrogens is 1. The van der Waals surface area contributed by atoms with Gasteiger partial charge in [0.1, 0.15) is 16.7 Å². The number of ether oxygens (including phenoxy) is 2. The molecule has 0 unspecified atom stereocenters. The van der Waals surface area contributed by atoms with E-state index in [9.17, 15) is 24.0 Å². The van der Waals surface area contributed by atoms with Gasteiger partial charge in [-0.1, -0.05) is 37.1 Å². The Morgan fingerprint density at radius 1 is 0.960 bits per heavy atom. The summed E-state index contributed by atoms with van der Waals surface area (Å²) in [5, 5.41) is 2.94. The van der Waals surface area contributed by atoms with Crippen molar-refractivity contribution in [3.63, 3.8) is 0 Å². The summed E-state index contributed by atoms with van der Waals surface area (Å²) in [6, 6.07) is 11.9. The number of imide groups is 1. The molecule has 0 radical (unpaired) electrons. The lowest BCUT2D eigenvalue weighted by molar-refractivity contribution is -0.146. The summed E-state index contributed by atoms with van der Waals surface area (Å²) >= 11 is 1.30. The summed E-state index contributed by atoms with van der Waals surface area (Å²) in [5.41, 5.74) is 4.05. The standard InChI is InChI=1S/C37H41N5O7S/c1-48-18-15-39-33(43)25-8-2-3-9-26(25)34(44)41-17-13-23-7-6-12-30(49-24-14-16-40(20-24)37(47)31-19-38-22-50-31)32(23)29(41)21-42-35(45)27-10-4-5-11-28(27)36(42)46/h4-7,10-12,19,22,24-26,29H,2-3,8-9,13-18,20-21H2,1H3,(H,39,43)/t24-,25-,26+,29+/m0/s1. The highest BCUT2D eigenvalue weighted by Gasteiger charge is 2.45. The highest BCUT2D eigenvalue weighted by Crippen LogP contribution is 2.42. The molecule has 50 heavy (non-hydrogen) atoms. The van der Waals surface area contributed by atoms with E-state index in [4.69, 9.17) is 9.47 Å². The van der Waals surface area contributed by atoms with Crippen LogP contribution in [0.2, 0.25) is 0 Å². The minimum Gasteiger partial charge on any atom is -0.488 e. The second kappa shape index (κ2) is 14.7. The Kier molecular flexibility index (Phi) is 9.95. The van der Waals surface area contributed by atoms with Gasteiger partial charge in [0.2, 0.25) is 11.8 Å². The van der Waals surface area contributed by atoms with E-state index in [1.165, 1.54) is 16.2 Å². The molecule has 262 valence electrons. The summed E-state index contributed by atoms with van der Waals surface area (Å²) in [5.74, 6) is -1.64. The first-order valence-corrected chi connectivity index (χ1v) is 18.2. The normalized spacial score (nSPS) is 23.1. The lowest BCUT2D eigenvalue weighted by atomic mass is 9.77. The molecule has 0 spiro atoms. The molecule has 1 aliphatic carbocycles. The predicted octanol–water partition coefficient (Wildman–Crippen LogP) is 3.73. The summed E-state index contributed by atoms with van der Waals surface area (Å²) < 4.78 is 11.8. The summed E-state index contributed by atoms with van der Waals surface area (Å²) in [6.45, 7) is 2.00. The monoisotopic (exact) mass is 699 g/mol. The molecule has 1 saturated heterocycles. The highest BCUT2D eigenvalue weighted by atomic mass is 32.1. The Labute approximate surface area is 294 Å². The van der Waals surface area contributed by atoms with Crippen molar-refractivity contribution in [2.24, 2.45) is 11.8 Å². The molecule has 4 atom stereocenters. The smallest absolute Gasteiger partial charge is 0.265 e. The van der Waals surface area contributed by atoms with Gasteiger partial charge < -0.3 is 24.6 Å². The number of fused-ring (bicyclic) bond motifs is 2. The Hall–Kier alpha value is -4.62. The van der Waals surface area contributed by atoms with E-state index in [-0.39, 0.29) is 30.4 Å². The molecule has 2 aromatic carbocycles. The van der Waals surface area contributed by atoms with Crippen LogP contribution in [-0.2, 0) is 20.7 Å². The molecule has 0 bridgehead atoms. The van der Waals surface area contributed by atoms with Gasteiger partial charge in [0.25, 0.3) is 17.7 Å². The zero-order chi connectivity index (χ0) is 34.8. The van der Waals surface area contributed by atoms with Gasteiger partial charge in [-0.2, -0.15) is 0 Å². The van der Waals surface area contributed by atoms with Crippen LogP contribution in [0.15, 0.2) is 54.2 Å². The van der Waals surface area contributed by atoms with E-state index in [1.54, 1.807) is 52.9 Å². The first-order valence-electron chi connectivity index (χ1n) is 17.3. The van der Waals surface area contributed by atoms with Crippen LogP contribution < -0.4 is 10.1 Å². The molecule has 3 aromatic rings. The first kappa shape index (κ1) is 33.9. The number of rotatable bonds is 10. The van der Waals surface area contributed by atoms with E-state index >= 15 is 0 Å². The maximum atomic E-state index is 14.7. The van der Waals surface area contributed by atoms with Crippen molar-refractivity contribution in [2.75, 3.05) is 46.4 Å². The number of amides is 5. The topological polar surface area (TPSA) is 138 Å². The fourth-order valence-corrected chi connectivity index (χ4v) is 8.49. The minimum atomic E-state index is -0.694. The van der Waals surface area contributed by atoms with E-state index < -0.39 is 29.7 Å². The molecule has 4 aliphatic rings. The number of carbonyl (C=O) groups excluding carboxylic acids is 5. The molecule has 7 rings (SSSR count). The van der Waals surface area contributed by atoms with Crippen molar-refractivity contribution in [1.29, 1.82) is 0 Å². The summed E-state index contributed by atoms with van der Waals surface area (Å²) in [6.07, 6.45) is 5.33. The van der Waals surface area contributed by atoms with Crippen molar-refractivity contribution in [2.45, 2.75) is 50.7 Å². The summed E-state index contributed by atoms with van der Waals surface area (Å²) in [4.78, 5) is 77.8. The van der Waals surface area contributed by atoms with E-state index in [2.05, 4.69) is 10.3 Å². The third-order valence-electron chi connectivity index (χ3n) is 10.4. The zero-order valence-corrected chi connectivity index (χ0v) is 28.9. The molecule has 5 amide bonds. The van der Waals surface area contributed by atoms with Crippen LogP contribution in [0.3, 0.4) is 0 Å². The van der Waals surface area contributed by atoms with Crippen LogP contribution in [0, 0.1) is 11.8 Å². The van der Waals surface area contributed by atoms with Gasteiger partial charge in [-0.15, -0.1) is 11.3 Å². The van der Waals surface area contributed by atoms with Crippen LogP contribution >= 0.6 is 11.3 Å². The first-order chi connectivity index (χ1) is 24.4. The fourth-order valence-electron chi connectivity index (χ4n) is 7.90. The van der Waals surface area contributed by atoms with Crippen LogP contribution in [0.1, 0.15) is 79.7 Å². The Morgan fingerprint density at radius 2 is 1.72 bits per heavy atom. The van der Waals surface area contributed by atoms with Crippen molar-refractivity contribution >= 4 is 40.9 Å². The van der Waals surface area contributed by atoms with E-state index in [0.29, 0.717) is 80.2 Å². The van der Waals surface area contributed by atoms with Gasteiger partial charge in [-0.05, 0) is 43.0 Å². The number of nitrogens with zero attached hydrogens (tertiary/aromatic N) is 4. The molecule has 2 fully saturated rings. The third-order valence-corrected chi connectivity index (χ3v) is 11.2. The Bertz CT molecular complexity index is 1750. The fraction of sp³-hybridized carbons (Fsp3) is 0.459. The Morgan fingerprint density at radius 3 is 2.44 bits per heavy atom. The predicted molar refractivity (Wildman–Crippen MR) is 184 cm³/mol. The third kappa shape index (κ3) is 6.51. The van der Waals surface area contributed by atoms with Crippen molar-refractivity contribution in [1.82, 2.24) is 25.0 Å².